The molecule has 0 aliphatic carbocycles. The van der Waals surface area contributed by atoms with Gasteiger partial charge < -0.3 is 5.32 Å². The number of nitrogens with one attached hydrogen (secondary N) is 2. The van der Waals surface area contributed by atoms with E-state index >= 15 is 0 Å². The molecule has 1 aliphatic rings. The number of benzene rings is 2. The van der Waals surface area contributed by atoms with E-state index < -0.39 is 10.0 Å². The normalized spacial score (nSPS) is 17.3. The van der Waals surface area contributed by atoms with Gasteiger partial charge in [0.25, 0.3) is 0 Å². The summed E-state index contributed by atoms with van der Waals surface area (Å²) in [7, 11) is -3.66. The highest BCUT2D eigenvalue weighted by atomic mass is 32.2. The predicted octanol–water partition coefficient (Wildman–Crippen LogP) is 2.05. The van der Waals surface area contributed by atoms with Gasteiger partial charge in [0.15, 0.2) is 5.78 Å². The van der Waals surface area contributed by atoms with Crippen LogP contribution in [0.5, 0.6) is 0 Å². The summed E-state index contributed by atoms with van der Waals surface area (Å²) in [5.41, 5.74) is 2.77. The maximum Gasteiger partial charge on any atom is 0.240 e. The van der Waals surface area contributed by atoms with Crippen molar-refractivity contribution in [2.45, 2.75) is 24.3 Å². The van der Waals surface area contributed by atoms with Gasteiger partial charge in [-0.25, -0.2) is 13.1 Å². The highest BCUT2D eigenvalue weighted by molar-refractivity contribution is 7.89. The third kappa shape index (κ3) is 3.56. The van der Waals surface area contributed by atoms with Crippen molar-refractivity contribution in [2.75, 3.05) is 13.1 Å². The van der Waals surface area contributed by atoms with Crippen LogP contribution < -0.4 is 10.0 Å². The predicted molar refractivity (Wildman–Crippen MR) is 92.5 cm³/mol. The quantitative estimate of drug-likeness (QED) is 0.814. The van der Waals surface area contributed by atoms with E-state index in [9.17, 15) is 13.2 Å². The summed E-state index contributed by atoms with van der Waals surface area (Å²) < 4.78 is 27.7. The number of fused-ring (bicyclic) bond motifs is 1. The van der Waals surface area contributed by atoms with Gasteiger partial charge in [-0.15, -0.1) is 0 Å². The molecule has 1 aliphatic heterocycles. The fraction of sp³-hybridized carbons (Fsp3) is 0.278. The van der Waals surface area contributed by atoms with E-state index in [1.165, 1.54) is 24.6 Å². The molecular formula is C18H20N2O3S. The summed E-state index contributed by atoms with van der Waals surface area (Å²) in [5.74, 6) is -0.157. The Kier molecular flexibility index (Phi) is 4.80. The highest BCUT2D eigenvalue weighted by Gasteiger charge is 2.22. The second kappa shape index (κ2) is 6.84. The lowest BCUT2D eigenvalue weighted by Gasteiger charge is -2.27. The molecule has 0 radical (unpaired) electrons. The van der Waals surface area contributed by atoms with Crippen molar-refractivity contribution >= 4 is 15.8 Å². The van der Waals surface area contributed by atoms with E-state index in [0.717, 1.165) is 18.5 Å². The number of carbonyl (C=O) groups excluding carboxylic acids is 1. The van der Waals surface area contributed by atoms with Crippen molar-refractivity contribution in [1.29, 1.82) is 0 Å². The van der Waals surface area contributed by atoms with E-state index in [1.807, 2.05) is 18.2 Å². The standard InChI is InChI=1S/C18H20N2O3S/c1-13(21)15-6-4-7-16(11-15)24(22,23)20-12-18-17-8-3-2-5-14(17)9-10-19-18/h2-8,11,18-20H,9-10,12H2,1H3. The molecule has 2 N–H and O–H groups in total. The Morgan fingerprint density at radius 2 is 2.00 bits per heavy atom. The Morgan fingerprint density at radius 1 is 1.21 bits per heavy atom. The first kappa shape index (κ1) is 16.8. The molecule has 0 spiro atoms. The van der Waals surface area contributed by atoms with Gasteiger partial charge in [0, 0.05) is 18.2 Å². The monoisotopic (exact) mass is 344 g/mol. The van der Waals surface area contributed by atoms with Gasteiger partial charge in [0.1, 0.15) is 0 Å². The average Bonchev–Trinajstić information content (AvgIpc) is 2.60. The number of sulfonamides is 1. The molecule has 1 heterocycles. The fourth-order valence-electron chi connectivity index (χ4n) is 2.93. The SMILES string of the molecule is CC(=O)c1cccc(S(=O)(=O)NCC2NCCc3ccccc32)c1. The second-order valence-electron chi connectivity index (χ2n) is 5.89. The van der Waals surface area contributed by atoms with Crippen LogP contribution in [0, 0.1) is 0 Å². The molecule has 0 saturated heterocycles. The van der Waals surface area contributed by atoms with Crippen molar-refractivity contribution in [1.82, 2.24) is 10.0 Å². The molecule has 2 aromatic carbocycles. The van der Waals surface area contributed by atoms with Crippen LogP contribution >= 0.6 is 0 Å². The number of ketones is 1. The zero-order valence-electron chi connectivity index (χ0n) is 13.5. The lowest BCUT2D eigenvalue weighted by atomic mass is 9.95. The number of Topliss-reactive ketones (excluding diaryl/α,β-unsaturated/α-hetero) is 1. The largest absolute Gasteiger partial charge is 0.308 e. The van der Waals surface area contributed by atoms with Crippen LogP contribution in [0.25, 0.3) is 0 Å². The Balaban J connectivity index is 1.77. The molecule has 3 rings (SSSR count). The highest BCUT2D eigenvalue weighted by Crippen LogP contribution is 2.22. The van der Waals surface area contributed by atoms with E-state index in [1.54, 1.807) is 12.1 Å². The van der Waals surface area contributed by atoms with Crippen molar-refractivity contribution in [3.05, 3.63) is 65.2 Å². The van der Waals surface area contributed by atoms with Gasteiger partial charge in [-0.1, -0.05) is 36.4 Å². The topological polar surface area (TPSA) is 75.3 Å². The summed E-state index contributed by atoms with van der Waals surface area (Å²) >= 11 is 0. The average molecular weight is 344 g/mol. The van der Waals surface area contributed by atoms with Crippen molar-refractivity contribution in [3.8, 4) is 0 Å². The van der Waals surface area contributed by atoms with Gasteiger partial charge in [0.2, 0.25) is 10.0 Å². The molecular weight excluding hydrogens is 324 g/mol. The maximum absolute atomic E-state index is 12.5. The molecule has 5 nitrogen and oxygen atoms in total. The summed E-state index contributed by atoms with van der Waals surface area (Å²) in [6, 6.07) is 14.1. The molecule has 0 amide bonds. The number of rotatable bonds is 5. The van der Waals surface area contributed by atoms with E-state index in [0.29, 0.717) is 5.56 Å². The van der Waals surface area contributed by atoms with E-state index in [2.05, 4.69) is 16.1 Å². The van der Waals surface area contributed by atoms with Crippen molar-refractivity contribution < 1.29 is 13.2 Å². The molecule has 0 aromatic heterocycles. The van der Waals surface area contributed by atoms with Gasteiger partial charge in [0.05, 0.1) is 4.90 Å². The van der Waals surface area contributed by atoms with Gasteiger partial charge in [-0.3, -0.25) is 4.79 Å². The Hall–Kier alpha value is -2.02. The van der Waals surface area contributed by atoms with Crippen molar-refractivity contribution in [3.63, 3.8) is 0 Å². The first-order chi connectivity index (χ1) is 11.5. The smallest absolute Gasteiger partial charge is 0.240 e. The zero-order valence-corrected chi connectivity index (χ0v) is 14.3. The molecule has 24 heavy (non-hydrogen) atoms. The zero-order chi connectivity index (χ0) is 17.2. The minimum atomic E-state index is -3.66. The van der Waals surface area contributed by atoms with E-state index in [4.69, 9.17) is 0 Å². The molecule has 1 unspecified atom stereocenters. The van der Waals surface area contributed by atoms with Crippen LogP contribution in [0.15, 0.2) is 53.4 Å². The summed E-state index contributed by atoms with van der Waals surface area (Å²) in [6.07, 6.45) is 0.945. The third-order valence-corrected chi connectivity index (χ3v) is 5.67. The second-order valence-corrected chi connectivity index (χ2v) is 7.66. The fourth-order valence-corrected chi connectivity index (χ4v) is 4.03. The van der Waals surface area contributed by atoms with Gasteiger partial charge in [-0.2, -0.15) is 0 Å². The first-order valence-corrected chi connectivity index (χ1v) is 9.37. The maximum atomic E-state index is 12.5. The van der Waals surface area contributed by atoms with Crippen molar-refractivity contribution in [2.24, 2.45) is 0 Å². The molecule has 0 bridgehead atoms. The molecule has 0 saturated carbocycles. The molecule has 0 fully saturated rings. The summed E-state index contributed by atoms with van der Waals surface area (Å²) in [4.78, 5) is 11.6. The lowest BCUT2D eigenvalue weighted by Crippen LogP contribution is -2.38. The Morgan fingerprint density at radius 3 is 2.79 bits per heavy atom. The van der Waals surface area contributed by atoms with E-state index in [-0.39, 0.29) is 23.3 Å². The number of carbonyl (C=O) groups is 1. The molecule has 126 valence electrons. The molecule has 2 aromatic rings. The van der Waals surface area contributed by atoms with Crippen LogP contribution in [0.2, 0.25) is 0 Å². The minimum Gasteiger partial charge on any atom is -0.308 e. The Labute approximate surface area is 142 Å². The molecule has 6 heteroatoms. The van der Waals surface area contributed by atoms with Crippen LogP contribution in [0.1, 0.15) is 34.5 Å². The minimum absolute atomic E-state index is 0.0549. The number of hydrogen-bond donors (Lipinski definition) is 2. The number of hydrogen-bond acceptors (Lipinski definition) is 4. The first-order valence-electron chi connectivity index (χ1n) is 7.89. The van der Waals surface area contributed by atoms with Crippen LogP contribution in [0.4, 0.5) is 0 Å². The van der Waals surface area contributed by atoms with Gasteiger partial charge >= 0.3 is 0 Å². The summed E-state index contributed by atoms with van der Waals surface area (Å²) in [5, 5.41) is 3.35. The molecule has 1 atom stereocenters. The van der Waals surface area contributed by atoms with Crippen LogP contribution in [-0.2, 0) is 16.4 Å². The third-order valence-electron chi connectivity index (χ3n) is 4.24. The van der Waals surface area contributed by atoms with Crippen LogP contribution in [0.3, 0.4) is 0 Å². The van der Waals surface area contributed by atoms with Gasteiger partial charge in [-0.05, 0) is 43.1 Å². The summed E-state index contributed by atoms with van der Waals surface area (Å²) in [6.45, 7) is 2.51. The Bertz CT molecular complexity index is 862. The lowest BCUT2D eigenvalue weighted by molar-refractivity contribution is 0.101. The van der Waals surface area contributed by atoms with Crippen LogP contribution in [-0.4, -0.2) is 27.3 Å².